The first-order valence-electron chi connectivity index (χ1n) is 5.31. The van der Waals surface area contributed by atoms with E-state index in [1.807, 2.05) is 12.1 Å². The molecule has 0 atom stereocenters. The quantitative estimate of drug-likeness (QED) is 0.911. The topological polar surface area (TPSA) is 49.3 Å². The van der Waals surface area contributed by atoms with Crippen LogP contribution < -0.4 is 5.32 Å². The Morgan fingerprint density at radius 2 is 1.88 bits per heavy atom. The van der Waals surface area contributed by atoms with Crippen LogP contribution in [0.1, 0.15) is 5.56 Å². The van der Waals surface area contributed by atoms with Crippen molar-refractivity contribution in [1.29, 1.82) is 0 Å². The average Bonchev–Trinajstić information content (AvgIpc) is 2.29. The number of fused-ring (bicyclic) bond motifs is 1. The van der Waals surface area contributed by atoms with Gasteiger partial charge in [0.05, 0.1) is 0 Å². The summed E-state index contributed by atoms with van der Waals surface area (Å²) < 4.78 is 1.02. The zero-order valence-electron chi connectivity index (χ0n) is 9.11. The third kappa shape index (κ3) is 2.97. The highest BCUT2D eigenvalue weighted by Gasteiger charge is 2.03. The van der Waals surface area contributed by atoms with Gasteiger partial charge in [0.2, 0.25) is 0 Å². The molecule has 4 heteroatoms. The van der Waals surface area contributed by atoms with Crippen molar-refractivity contribution >= 4 is 32.8 Å². The molecule has 1 amide bonds. The van der Waals surface area contributed by atoms with Crippen LogP contribution in [0.3, 0.4) is 0 Å². The number of amides is 1. The molecule has 2 aromatic carbocycles. The second-order valence-corrected chi connectivity index (χ2v) is 4.63. The van der Waals surface area contributed by atoms with Gasteiger partial charge >= 0.3 is 6.09 Å². The smallest absolute Gasteiger partial charge is 0.404 e. The van der Waals surface area contributed by atoms with Crippen molar-refractivity contribution in [3.8, 4) is 0 Å². The van der Waals surface area contributed by atoms with E-state index in [4.69, 9.17) is 5.11 Å². The van der Waals surface area contributed by atoms with Crippen molar-refractivity contribution in [3.63, 3.8) is 0 Å². The highest BCUT2D eigenvalue weighted by Crippen LogP contribution is 2.24. The summed E-state index contributed by atoms with van der Waals surface area (Å²) >= 11 is 3.51. The Labute approximate surface area is 108 Å². The Morgan fingerprint density at radius 3 is 2.53 bits per heavy atom. The number of carbonyl (C=O) groups is 1. The van der Waals surface area contributed by atoms with Crippen LogP contribution in [-0.4, -0.2) is 17.7 Å². The molecule has 0 aliphatic heterocycles. The Morgan fingerprint density at radius 1 is 1.24 bits per heavy atom. The van der Waals surface area contributed by atoms with Crippen LogP contribution in [0.2, 0.25) is 0 Å². The lowest BCUT2D eigenvalue weighted by Gasteiger charge is -2.07. The lowest BCUT2D eigenvalue weighted by atomic mass is 10.1. The second-order valence-electron chi connectivity index (χ2n) is 3.77. The highest BCUT2D eigenvalue weighted by atomic mass is 79.9. The maximum atomic E-state index is 10.4. The second kappa shape index (κ2) is 5.19. The third-order valence-corrected chi connectivity index (χ3v) is 3.32. The number of nitrogens with one attached hydrogen (secondary N) is 1. The zero-order chi connectivity index (χ0) is 12.3. The van der Waals surface area contributed by atoms with E-state index in [1.54, 1.807) is 0 Å². The molecule has 88 valence electrons. The van der Waals surface area contributed by atoms with E-state index in [0.717, 1.165) is 10.0 Å². The van der Waals surface area contributed by atoms with Gasteiger partial charge in [0.15, 0.2) is 0 Å². The molecule has 0 aromatic heterocycles. The highest BCUT2D eigenvalue weighted by molar-refractivity contribution is 9.10. The summed E-state index contributed by atoms with van der Waals surface area (Å²) in [5.74, 6) is 0. The summed E-state index contributed by atoms with van der Waals surface area (Å²) in [5, 5.41) is 13.2. The minimum Gasteiger partial charge on any atom is -0.465 e. The molecule has 0 spiro atoms. The van der Waals surface area contributed by atoms with Crippen molar-refractivity contribution in [2.75, 3.05) is 6.54 Å². The van der Waals surface area contributed by atoms with Gasteiger partial charge in [-0.3, -0.25) is 0 Å². The van der Waals surface area contributed by atoms with Crippen molar-refractivity contribution < 1.29 is 9.90 Å². The lowest BCUT2D eigenvalue weighted by Crippen LogP contribution is -2.23. The molecule has 0 saturated carbocycles. The molecule has 2 N–H and O–H groups in total. The van der Waals surface area contributed by atoms with Crippen molar-refractivity contribution in [1.82, 2.24) is 5.32 Å². The van der Waals surface area contributed by atoms with Crippen LogP contribution >= 0.6 is 15.9 Å². The molecule has 0 radical (unpaired) electrons. The van der Waals surface area contributed by atoms with Crippen LogP contribution in [0.25, 0.3) is 10.8 Å². The summed E-state index contributed by atoms with van der Waals surface area (Å²) in [6, 6.07) is 12.2. The largest absolute Gasteiger partial charge is 0.465 e. The van der Waals surface area contributed by atoms with Crippen LogP contribution in [0.5, 0.6) is 0 Å². The number of hydrogen-bond acceptors (Lipinski definition) is 1. The van der Waals surface area contributed by atoms with Gasteiger partial charge in [0.25, 0.3) is 0 Å². The third-order valence-electron chi connectivity index (χ3n) is 2.59. The molecule has 0 aliphatic rings. The fourth-order valence-electron chi connectivity index (χ4n) is 1.76. The fourth-order valence-corrected chi connectivity index (χ4v) is 2.31. The van der Waals surface area contributed by atoms with Crippen molar-refractivity contribution in [3.05, 3.63) is 46.4 Å². The summed E-state index contributed by atoms with van der Waals surface area (Å²) in [4.78, 5) is 10.4. The van der Waals surface area contributed by atoms with Gasteiger partial charge < -0.3 is 10.4 Å². The Hall–Kier alpha value is -1.55. The Bertz CT molecular complexity index is 554. The van der Waals surface area contributed by atoms with E-state index in [2.05, 4.69) is 45.5 Å². The molecule has 0 unspecified atom stereocenters. The van der Waals surface area contributed by atoms with Crippen LogP contribution in [0, 0.1) is 0 Å². The normalized spacial score (nSPS) is 10.4. The fraction of sp³-hybridized carbons (Fsp3) is 0.154. The zero-order valence-corrected chi connectivity index (χ0v) is 10.7. The number of halogens is 1. The Balaban J connectivity index is 2.22. The van der Waals surface area contributed by atoms with Gasteiger partial charge in [-0.15, -0.1) is 0 Å². The molecule has 0 bridgehead atoms. The molecule has 0 heterocycles. The lowest BCUT2D eigenvalue weighted by molar-refractivity contribution is 0.194. The van der Waals surface area contributed by atoms with Gasteiger partial charge in [-0.25, -0.2) is 4.79 Å². The molecule has 0 aliphatic carbocycles. The number of hydrogen-bond donors (Lipinski definition) is 2. The van der Waals surface area contributed by atoms with Gasteiger partial charge in [0.1, 0.15) is 0 Å². The molecular weight excluding hydrogens is 282 g/mol. The van der Waals surface area contributed by atoms with Gasteiger partial charge in [-0.2, -0.15) is 0 Å². The monoisotopic (exact) mass is 293 g/mol. The van der Waals surface area contributed by atoms with E-state index >= 15 is 0 Å². The summed E-state index contributed by atoms with van der Waals surface area (Å²) in [7, 11) is 0. The molecule has 2 rings (SSSR count). The first-order valence-corrected chi connectivity index (χ1v) is 6.10. The molecule has 0 fully saturated rings. The SMILES string of the molecule is O=C(O)NCCc1cc2ccccc2cc1Br. The van der Waals surface area contributed by atoms with E-state index in [0.29, 0.717) is 13.0 Å². The number of carboxylic acid groups (broad SMARTS) is 1. The summed E-state index contributed by atoms with van der Waals surface area (Å²) in [6.07, 6.45) is -0.306. The Kier molecular flexibility index (Phi) is 3.64. The van der Waals surface area contributed by atoms with Crippen LogP contribution in [0.15, 0.2) is 40.9 Å². The van der Waals surface area contributed by atoms with Crippen LogP contribution in [0.4, 0.5) is 4.79 Å². The van der Waals surface area contributed by atoms with E-state index in [9.17, 15) is 4.79 Å². The van der Waals surface area contributed by atoms with Crippen molar-refractivity contribution in [2.45, 2.75) is 6.42 Å². The number of rotatable bonds is 3. The minimum absolute atomic E-state index is 0.423. The number of benzene rings is 2. The predicted octanol–water partition coefficient (Wildman–Crippen LogP) is 3.41. The molecule has 3 nitrogen and oxygen atoms in total. The first kappa shape index (κ1) is 11.9. The van der Waals surface area contributed by atoms with Gasteiger partial charge in [0, 0.05) is 11.0 Å². The first-order chi connectivity index (χ1) is 8.16. The molecular formula is C13H12BrNO2. The summed E-state index contributed by atoms with van der Waals surface area (Å²) in [6.45, 7) is 0.423. The predicted molar refractivity (Wildman–Crippen MR) is 71.4 cm³/mol. The molecule has 0 saturated heterocycles. The van der Waals surface area contributed by atoms with E-state index in [-0.39, 0.29) is 0 Å². The van der Waals surface area contributed by atoms with Gasteiger partial charge in [-0.1, -0.05) is 40.2 Å². The standard InChI is InChI=1S/C13H12BrNO2/c14-12-8-10-4-2-1-3-9(10)7-11(12)5-6-15-13(16)17/h1-4,7-8,15H,5-6H2,(H,16,17). The van der Waals surface area contributed by atoms with E-state index < -0.39 is 6.09 Å². The molecule has 17 heavy (non-hydrogen) atoms. The average molecular weight is 294 g/mol. The maximum absolute atomic E-state index is 10.4. The summed E-state index contributed by atoms with van der Waals surface area (Å²) in [5.41, 5.74) is 1.11. The van der Waals surface area contributed by atoms with E-state index in [1.165, 1.54) is 10.8 Å². The van der Waals surface area contributed by atoms with Crippen LogP contribution in [-0.2, 0) is 6.42 Å². The minimum atomic E-state index is -0.984. The maximum Gasteiger partial charge on any atom is 0.404 e. The van der Waals surface area contributed by atoms with Gasteiger partial charge in [-0.05, 0) is 34.9 Å². The van der Waals surface area contributed by atoms with Crippen molar-refractivity contribution in [2.24, 2.45) is 0 Å². The molecule has 2 aromatic rings.